The minimum Gasteiger partial charge on any atom is -0.387 e. The van der Waals surface area contributed by atoms with Gasteiger partial charge in [-0.3, -0.25) is 9.59 Å². The molecule has 14 heavy (non-hydrogen) atoms. The Bertz CT molecular complexity index is 198. The average Bonchev–Trinajstić information content (AvgIpc) is 2.23. The number of carbonyl (C=O) groups excluding carboxylic acids is 2. The molecule has 2 amide bonds. The van der Waals surface area contributed by atoms with Gasteiger partial charge >= 0.3 is 0 Å². The lowest BCUT2D eigenvalue weighted by atomic mass is 10.1. The van der Waals surface area contributed by atoms with E-state index in [1.165, 1.54) is 14.1 Å². The van der Waals surface area contributed by atoms with E-state index < -0.39 is 30.1 Å². The van der Waals surface area contributed by atoms with Gasteiger partial charge in [0.05, 0.1) is 0 Å². The van der Waals surface area contributed by atoms with Gasteiger partial charge in [0.1, 0.15) is 6.10 Å². The van der Waals surface area contributed by atoms with Crippen molar-refractivity contribution in [2.75, 3.05) is 14.1 Å². The second-order valence-electron chi connectivity index (χ2n) is 2.61. The molecule has 2 atom stereocenters. The number of hydrogen-bond acceptors (Lipinski definition) is 5. The molecule has 0 aliphatic heterocycles. The molecule has 0 bridgehead atoms. The van der Waals surface area contributed by atoms with Crippen LogP contribution in [0.4, 0.5) is 0 Å². The monoisotopic (exact) mass is 206 g/mol. The van der Waals surface area contributed by atoms with E-state index in [0.29, 0.717) is 0 Å². The first-order chi connectivity index (χ1) is 6.45. The average molecular weight is 206 g/mol. The summed E-state index contributed by atoms with van der Waals surface area (Å²) in [4.78, 5) is 21.6. The molecular weight excluding hydrogens is 192 g/mol. The van der Waals surface area contributed by atoms with Crippen LogP contribution in [0.15, 0.2) is 0 Å². The highest BCUT2D eigenvalue weighted by molar-refractivity contribution is 5.85. The molecule has 0 aromatic heterocycles. The zero-order valence-electron chi connectivity index (χ0n) is 7.89. The van der Waals surface area contributed by atoms with Crippen LogP contribution in [-0.2, 0) is 9.59 Å². The highest BCUT2D eigenvalue weighted by Gasteiger charge is 2.33. The summed E-state index contributed by atoms with van der Waals surface area (Å²) in [6.07, 6.45) is -5.53. The first-order valence-electron chi connectivity index (χ1n) is 3.93. The Balaban J connectivity index is 4.37. The molecule has 7 nitrogen and oxygen atoms in total. The van der Waals surface area contributed by atoms with Gasteiger partial charge in [-0.25, -0.2) is 0 Å². The van der Waals surface area contributed by atoms with Crippen LogP contribution in [0.5, 0.6) is 0 Å². The Morgan fingerprint density at radius 2 is 1.21 bits per heavy atom. The largest absolute Gasteiger partial charge is 0.387 e. The predicted molar refractivity (Wildman–Crippen MR) is 46.2 cm³/mol. The number of rotatable bonds is 4. The van der Waals surface area contributed by atoms with E-state index >= 15 is 0 Å². The Morgan fingerprint density at radius 3 is 1.43 bits per heavy atom. The van der Waals surface area contributed by atoms with Crippen molar-refractivity contribution in [1.29, 1.82) is 0 Å². The number of hydrogen-bond donors (Lipinski definition) is 5. The van der Waals surface area contributed by atoms with Crippen LogP contribution in [0.3, 0.4) is 0 Å². The molecule has 5 N–H and O–H groups in total. The van der Waals surface area contributed by atoms with E-state index in [4.69, 9.17) is 15.3 Å². The molecule has 0 unspecified atom stereocenters. The molecule has 0 aliphatic carbocycles. The van der Waals surface area contributed by atoms with Crippen molar-refractivity contribution in [3.8, 4) is 0 Å². The van der Waals surface area contributed by atoms with E-state index in [2.05, 4.69) is 10.6 Å². The Labute approximate surface area is 80.7 Å². The molecule has 0 spiro atoms. The molecular formula is C7H14N2O5. The smallest absolute Gasteiger partial charge is 0.251 e. The van der Waals surface area contributed by atoms with Gasteiger partial charge in [0.25, 0.3) is 11.8 Å². The summed E-state index contributed by atoms with van der Waals surface area (Å²) in [5.74, 6) is -1.75. The first-order valence-corrected chi connectivity index (χ1v) is 3.93. The molecule has 0 saturated carbocycles. The van der Waals surface area contributed by atoms with Crippen molar-refractivity contribution in [2.45, 2.75) is 18.3 Å². The number of aliphatic hydroxyl groups excluding tert-OH is 3. The highest BCUT2D eigenvalue weighted by atomic mass is 16.4. The van der Waals surface area contributed by atoms with Crippen molar-refractivity contribution in [2.24, 2.45) is 0 Å². The van der Waals surface area contributed by atoms with E-state index in [9.17, 15) is 9.59 Å². The molecule has 0 fully saturated rings. The summed E-state index contributed by atoms with van der Waals surface area (Å²) in [5, 5.41) is 31.5. The number of amides is 2. The van der Waals surface area contributed by atoms with Crippen LogP contribution in [-0.4, -0.2) is 59.5 Å². The molecule has 0 radical (unpaired) electrons. The lowest BCUT2D eigenvalue weighted by molar-refractivity contribution is -0.148. The van der Waals surface area contributed by atoms with Crippen LogP contribution in [0, 0.1) is 0 Å². The van der Waals surface area contributed by atoms with Crippen molar-refractivity contribution in [1.82, 2.24) is 10.6 Å². The van der Waals surface area contributed by atoms with Crippen molar-refractivity contribution in [3.05, 3.63) is 0 Å². The van der Waals surface area contributed by atoms with Crippen LogP contribution >= 0.6 is 0 Å². The number of likely N-dealkylation sites (N-methyl/N-ethyl adjacent to an activating group) is 2. The van der Waals surface area contributed by atoms with E-state index in [1.807, 2.05) is 0 Å². The quantitative estimate of drug-likeness (QED) is 0.328. The minimum atomic E-state index is -1.85. The van der Waals surface area contributed by atoms with Gasteiger partial charge in [0.15, 0.2) is 12.2 Å². The third-order valence-corrected chi connectivity index (χ3v) is 1.68. The molecule has 0 aliphatic rings. The van der Waals surface area contributed by atoms with Gasteiger partial charge in [-0.1, -0.05) is 0 Å². The Morgan fingerprint density at radius 1 is 0.929 bits per heavy atom. The topological polar surface area (TPSA) is 119 Å². The van der Waals surface area contributed by atoms with Crippen molar-refractivity contribution >= 4 is 11.8 Å². The second kappa shape index (κ2) is 5.53. The fourth-order valence-electron chi connectivity index (χ4n) is 0.779. The summed E-state index contributed by atoms with van der Waals surface area (Å²) >= 11 is 0. The van der Waals surface area contributed by atoms with Gasteiger partial charge in [-0.2, -0.15) is 0 Å². The summed E-state index contributed by atoms with van der Waals surface area (Å²) in [6, 6.07) is 0. The summed E-state index contributed by atoms with van der Waals surface area (Å²) < 4.78 is 0. The standard InChI is InChI=1S/C7H14N2O5/c1-8-6(13)4(11)3(10)5(12)7(14)9-2/h3-5,10-12H,1-2H3,(H,8,13)(H,9,14)/t4-,5-/m1/s1. The zero-order valence-corrected chi connectivity index (χ0v) is 7.89. The lowest BCUT2D eigenvalue weighted by Crippen LogP contribution is -2.51. The van der Waals surface area contributed by atoms with Gasteiger partial charge in [-0.05, 0) is 0 Å². The SMILES string of the molecule is CNC(=O)[C@H](O)C(O)[C@@H](O)C(=O)NC. The van der Waals surface area contributed by atoms with Gasteiger partial charge in [0.2, 0.25) is 0 Å². The van der Waals surface area contributed by atoms with Crippen LogP contribution < -0.4 is 10.6 Å². The molecule has 0 heterocycles. The molecule has 82 valence electrons. The molecule has 0 aromatic rings. The molecule has 0 aromatic carbocycles. The maximum Gasteiger partial charge on any atom is 0.251 e. The van der Waals surface area contributed by atoms with Crippen molar-refractivity contribution < 1.29 is 24.9 Å². The van der Waals surface area contributed by atoms with E-state index in [-0.39, 0.29) is 0 Å². The maximum absolute atomic E-state index is 10.8. The predicted octanol–water partition coefficient (Wildman–Crippen LogP) is -3.44. The zero-order chi connectivity index (χ0) is 11.3. The lowest BCUT2D eigenvalue weighted by Gasteiger charge is -2.20. The van der Waals surface area contributed by atoms with Crippen LogP contribution in [0.2, 0.25) is 0 Å². The molecule has 7 heteroatoms. The van der Waals surface area contributed by atoms with Gasteiger partial charge in [-0.15, -0.1) is 0 Å². The number of carbonyl (C=O) groups is 2. The normalized spacial score (nSPS) is 14.7. The second-order valence-corrected chi connectivity index (χ2v) is 2.61. The van der Waals surface area contributed by atoms with Gasteiger partial charge in [0, 0.05) is 14.1 Å². The van der Waals surface area contributed by atoms with Gasteiger partial charge < -0.3 is 26.0 Å². The fourth-order valence-corrected chi connectivity index (χ4v) is 0.779. The van der Waals surface area contributed by atoms with E-state index in [0.717, 1.165) is 0 Å². The Hall–Kier alpha value is -1.18. The van der Waals surface area contributed by atoms with Crippen molar-refractivity contribution in [3.63, 3.8) is 0 Å². The minimum absolute atomic E-state index is 0.875. The fraction of sp³-hybridized carbons (Fsp3) is 0.714. The number of nitrogens with one attached hydrogen (secondary N) is 2. The third kappa shape index (κ3) is 2.95. The summed E-state index contributed by atoms with van der Waals surface area (Å²) in [5.41, 5.74) is 0. The van der Waals surface area contributed by atoms with Crippen LogP contribution in [0.25, 0.3) is 0 Å². The van der Waals surface area contributed by atoms with Crippen LogP contribution in [0.1, 0.15) is 0 Å². The Kier molecular flexibility index (Phi) is 5.06. The molecule has 0 saturated heterocycles. The first kappa shape index (κ1) is 12.8. The summed E-state index contributed by atoms with van der Waals surface area (Å²) in [7, 11) is 2.51. The highest BCUT2D eigenvalue weighted by Crippen LogP contribution is 2.00. The number of aliphatic hydroxyl groups is 3. The van der Waals surface area contributed by atoms with E-state index in [1.54, 1.807) is 0 Å². The summed E-state index contributed by atoms with van der Waals surface area (Å²) in [6.45, 7) is 0. The molecule has 0 rings (SSSR count). The maximum atomic E-state index is 10.8. The third-order valence-electron chi connectivity index (χ3n) is 1.68.